The minimum absolute atomic E-state index is 0.466. The van der Waals surface area contributed by atoms with Crippen LogP contribution in [0.2, 0.25) is 0 Å². The lowest BCUT2D eigenvalue weighted by molar-refractivity contribution is -0.519. The third-order valence-corrected chi connectivity index (χ3v) is 4.81. The molecule has 3 aliphatic rings. The summed E-state index contributed by atoms with van der Waals surface area (Å²) in [5.41, 5.74) is 2.37. The van der Waals surface area contributed by atoms with Gasteiger partial charge in [0.25, 0.3) is 0 Å². The molecule has 1 aromatic carbocycles. The molecule has 1 aromatic rings. The van der Waals surface area contributed by atoms with Gasteiger partial charge in [-0.2, -0.15) is 0 Å². The molecule has 5 heteroatoms. The van der Waals surface area contributed by atoms with Gasteiger partial charge in [0.2, 0.25) is 5.71 Å². The van der Waals surface area contributed by atoms with E-state index in [-0.39, 0.29) is 0 Å². The lowest BCUT2D eigenvalue weighted by Crippen LogP contribution is -2.40. The smallest absolute Gasteiger partial charge is 0.343 e. The summed E-state index contributed by atoms with van der Waals surface area (Å²) in [6, 6.07) is 7.99. The summed E-state index contributed by atoms with van der Waals surface area (Å²) in [5, 5.41) is 6.82. The van der Waals surface area contributed by atoms with E-state index in [1.54, 1.807) is 6.08 Å². The molecule has 0 fully saturated rings. The van der Waals surface area contributed by atoms with Crippen molar-refractivity contribution in [3.05, 3.63) is 66.6 Å². The van der Waals surface area contributed by atoms with Crippen LogP contribution in [-0.4, -0.2) is 29.3 Å². The molecule has 0 bridgehead atoms. The number of carbonyl (C=O) groups excluding carboxylic acids is 1. The van der Waals surface area contributed by atoms with E-state index in [0.717, 1.165) is 36.3 Å². The molecule has 126 valence electrons. The molecule has 0 saturated heterocycles. The molecule has 4 rings (SSSR count). The Morgan fingerprint density at radius 3 is 2.48 bits per heavy atom. The summed E-state index contributed by atoms with van der Waals surface area (Å²) < 4.78 is 7.77. The SMILES string of the molecule is CC[N+](CC)=C1C=CC2([C]3Nc4ccccc4N3)C=[C]C(=O)OC2=C1. The van der Waals surface area contributed by atoms with E-state index in [4.69, 9.17) is 4.74 Å². The van der Waals surface area contributed by atoms with E-state index in [0.29, 0.717) is 5.76 Å². The van der Waals surface area contributed by atoms with Crippen LogP contribution in [0.1, 0.15) is 13.8 Å². The highest BCUT2D eigenvalue weighted by Crippen LogP contribution is 2.49. The van der Waals surface area contributed by atoms with Crippen LogP contribution >= 0.6 is 0 Å². The Labute approximate surface area is 147 Å². The summed E-state index contributed by atoms with van der Waals surface area (Å²) in [7, 11) is 0. The second-order valence-electron chi connectivity index (χ2n) is 6.16. The lowest BCUT2D eigenvalue weighted by Gasteiger charge is -2.37. The molecule has 1 unspecified atom stereocenters. The van der Waals surface area contributed by atoms with Gasteiger partial charge >= 0.3 is 5.97 Å². The topological polar surface area (TPSA) is 53.4 Å². The van der Waals surface area contributed by atoms with Gasteiger partial charge in [-0.3, -0.25) is 0 Å². The number of hydrogen-bond donors (Lipinski definition) is 2. The van der Waals surface area contributed by atoms with Gasteiger partial charge in [-0.15, -0.1) is 0 Å². The van der Waals surface area contributed by atoms with Gasteiger partial charge in [0, 0.05) is 12.2 Å². The predicted octanol–water partition coefficient (Wildman–Crippen LogP) is 2.86. The quantitative estimate of drug-likeness (QED) is 0.659. The first kappa shape index (κ1) is 15.7. The number of fused-ring (bicyclic) bond motifs is 2. The van der Waals surface area contributed by atoms with Crippen molar-refractivity contribution in [2.45, 2.75) is 13.8 Å². The van der Waals surface area contributed by atoms with Crippen LogP contribution in [0, 0.1) is 17.7 Å². The maximum atomic E-state index is 11.8. The first-order chi connectivity index (χ1) is 12.2. The number of ether oxygens (including phenoxy) is 1. The number of rotatable bonds is 3. The second kappa shape index (κ2) is 5.92. The molecule has 0 amide bonds. The minimum atomic E-state index is -0.677. The molecule has 0 aromatic heterocycles. The summed E-state index contributed by atoms with van der Waals surface area (Å²) >= 11 is 0. The maximum Gasteiger partial charge on any atom is 0.343 e. The summed E-state index contributed by atoms with van der Waals surface area (Å²) in [5.74, 6) is 0.121. The van der Waals surface area contributed by atoms with Crippen LogP contribution < -0.4 is 10.6 Å². The molecule has 0 spiro atoms. The Hall–Kier alpha value is -2.82. The molecule has 2 N–H and O–H groups in total. The number of esters is 1. The zero-order chi connectivity index (χ0) is 17.4. The number of hydrogen-bond acceptors (Lipinski definition) is 4. The molecule has 2 aliphatic heterocycles. The molecule has 1 aliphatic carbocycles. The van der Waals surface area contributed by atoms with Crippen LogP contribution in [0.3, 0.4) is 0 Å². The Morgan fingerprint density at radius 1 is 1.16 bits per heavy atom. The summed E-state index contributed by atoms with van der Waals surface area (Å²) in [4.78, 5) is 11.8. The highest BCUT2D eigenvalue weighted by atomic mass is 16.5. The van der Waals surface area contributed by atoms with Crippen LogP contribution in [-0.2, 0) is 9.53 Å². The Morgan fingerprint density at radius 2 is 1.84 bits per heavy atom. The number of benzene rings is 1. The first-order valence-corrected chi connectivity index (χ1v) is 8.53. The first-order valence-electron chi connectivity index (χ1n) is 8.53. The summed E-state index contributed by atoms with van der Waals surface area (Å²) in [6.07, 6.45) is 11.4. The van der Waals surface area contributed by atoms with Crippen molar-refractivity contribution in [1.82, 2.24) is 0 Å². The van der Waals surface area contributed by atoms with Crippen molar-refractivity contribution < 1.29 is 14.1 Å². The Bertz CT molecular complexity index is 819. The zero-order valence-electron chi connectivity index (χ0n) is 14.3. The molecule has 2 radical (unpaired) electrons. The van der Waals surface area contributed by atoms with Gasteiger partial charge in [-0.25, -0.2) is 9.37 Å². The average Bonchev–Trinajstić information content (AvgIpc) is 3.07. The van der Waals surface area contributed by atoms with Gasteiger partial charge in [-0.1, -0.05) is 18.2 Å². The van der Waals surface area contributed by atoms with Crippen molar-refractivity contribution in [1.29, 1.82) is 0 Å². The number of nitrogens with one attached hydrogen (secondary N) is 2. The molecular weight excluding hydrogens is 314 g/mol. The largest absolute Gasteiger partial charge is 0.426 e. The fourth-order valence-corrected chi connectivity index (χ4v) is 3.41. The monoisotopic (exact) mass is 334 g/mol. The van der Waals surface area contributed by atoms with E-state index < -0.39 is 11.4 Å². The molecule has 25 heavy (non-hydrogen) atoms. The third kappa shape index (κ3) is 2.47. The van der Waals surface area contributed by atoms with Crippen LogP contribution in [0.4, 0.5) is 11.4 Å². The van der Waals surface area contributed by atoms with E-state index in [1.807, 2.05) is 30.3 Å². The van der Waals surface area contributed by atoms with E-state index in [1.165, 1.54) is 0 Å². The van der Waals surface area contributed by atoms with Crippen LogP contribution in [0.25, 0.3) is 0 Å². The van der Waals surface area contributed by atoms with E-state index >= 15 is 0 Å². The number of para-hydroxylation sites is 2. The second-order valence-corrected chi connectivity index (χ2v) is 6.16. The third-order valence-electron chi connectivity index (χ3n) is 4.81. The van der Waals surface area contributed by atoms with Gasteiger partial charge in [0.05, 0.1) is 17.5 Å². The zero-order valence-corrected chi connectivity index (χ0v) is 14.3. The van der Waals surface area contributed by atoms with Gasteiger partial charge in [0.15, 0.2) is 6.17 Å². The fraction of sp³-hybridized carbons (Fsp3) is 0.250. The molecule has 1 atom stereocenters. The number of anilines is 2. The Kier molecular flexibility index (Phi) is 3.71. The highest BCUT2D eigenvalue weighted by molar-refractivity contribution is 6.03. The normalized spacial score (nSPS) is 24.0. The minimum Gasteiger partial charge on any atom is -0.426 e. The Balaban J connectivity index is 1.77. The van der Waals surface area contributed by atoms with Crippen molar-refractivity contribution in [2.75, 3.05) is 23.7 Å². The van der Waals surface area contributed by atoms with E-state index in [2.05, 4.69) is 47.3 Å². The fourth-order valence-electron chi connectivity index (χ4n) is 3.41. The van der Waals surface area contributed by atoms with Crippen molar-refractivity contribution >= 4 is 23.1 Å². The van der Waals surface area contributed by atoms with Gasteiger partial charge < -0.3 is 15.4 Å². The standard InChI is InChI=1S/C20H20N3O2/c1-3-23(4-2)14-9-11-20(12-10-18(24)25-17(20)13-14)19-21-15-7-5-6-8-16(15)22-19/h5-9,11-13,21-22H,3-4H2,1-2H3/q+1. The van der Waals surface area contributed by atoms with Gasteiger partial charge in [-0.05, 0) is 32.1 Å². The maximum absolute atomic E-state index is 11.8. The number of nitrogens with zero attached hydrogens (tertiary/aromatic N) is 1. The van der Waals surface area contributed by atoms with Crippen LogP contribution in [0.5, 0.6) is 0 Å². The molecule has 0 saturated carbocycles. The molecule has 2 heterocycles. The highest BCUT2D eigenvalue weighted by Gasteiger charge is 2.48. The van der Waals surface area contributed by atoms with Crippen molar-refractivity contribution in [3.8, 4) is 0 Å². The molecular formula is C20H20N3O2+. The summed E-state index contributed by atoms with van der Waals surface area (Å²) in [6.45, 7) is 6.00. The van der Waals surface area contributed by atoms with Crippen molar-refractivity contribution in [2.24, 2.45) is 5.41 Å². The van der Waals surface area contributed by atoms with Gasteiger partial charge in [0.1, 0.15) is 24.3 Å². The predicted molar refractivity (Wildman–Crippen MR) is 96.8 cm³/mol. The number of carbonyl (C=O) groups is 1. The van der Waals surface area contributed by atoms with Crippen LogP contribution in [0.15, 0.2) is 54.3 Å². The average molecular weight is 334 g/mol. The van der Waals surface area contributed by atoms with Crippen molar-refractivity contribution in [3.63, 3.8) is 0 Å². The molecule has 5 nitrogen and oxygen atoms in total. The van der Waals surface area contributed by atoms with E-state index in [9.17, 15) is 4.79 Å². The number of allylic oxidation sites excluding steroid dienone is 2. The lowest BCUT2D eigenvalue weighted by atomic mass is 9.77.